The van der Waals surface area contributed by atoms with Gasteiger partial charge in [-0.2, -0.15) is 0 Å². The lowest BCUT2D eigenvalue weighted by atomic mass is 10.0. The smallest absolute Gasteiger partial charge is 0.329 e. The number of hydrogen-bond acceptors (Lipinski definition) is 9. The third kappa shape index (κ3) is 6.18. The van der Waals surface area contributed by atoms with E-state index in [-0.39, 0.29) is 67.7 Å². The maximum atomic E-state index is 13.0. The normalized spacial score (nSPS) is 18.7. The van der Waals surface area contributed by atoms with Crippen LogP contribution in [0.5, 0.6) is 0 Å². The number of fused-ring (bicyclic) bond motifs is 1. The van der Waals surface area contributed by atoms with E-state index in [0.717, 1.165) is 4.90 Å². The van der Waals surface area contributed by atoms with Gasteiger partial charge >= 0.3 is 5.97 Å². The van der Waals surface area contributed by atoms with Crippen LogP contribution in [0.4, 0.5) is 0 Å². The second-order valence-electron chi connectivity index (χ2n) is 7.35. The van der Waals surface area contributed by atoms with Crippen molar-refractivity contribution in [3.05, 3.63) is 29.3 Å². The molecule has 2 heterocycles. The summed E-state index contributed by atoms with van der Waals surface area (Å²) in [6, 6.07) is 3.36. The van der Waals surface area contributed by atoms with Gasteiger partial charge in [-0.3, -0.25) is 29.4 Å². The van der Waals surface area contributed by atoms with Gasteiger partial charge in [0.2, 0.25) is 11.8 Å². The summed E-state index contributed by atoms with van der Waals surface area (Å²) in [7, 11) is 0. The van der Waals surface area contributed by atoms with Gasteiger partial charge in [-0.25, -0.2) is 4.79 Å². The summed E-state index contributed by atoms with van der Waals surface area (Å²) in [6.45, 7) is 0.500. The largest absolute Gasteiger partial charge is 0.611 e. The van der Waals surface area contributed by atoms with Gasteiger partial charge in [-0.15, -0.1) is 0 Å². The van der Waals surface area contributed by atoms with Gasteiger partial charge in [-0.05, 0) is 29.7 Å². The number of carboxylic acids is 1. The summed E-state index contributed by atoms with van der Waals surface area (Å²) in [6.07, 6.45) is 0.0508. The number of rotatable bonds is 13. The predicted molar refractivity (Wildman–Crippen MR) is 114 cm³/mol. The van der Waals surface area contributed by atoms with Crippen LogP contribution in [0.1, 0.15) is 33.6 Å². The first-order valence-electron chi connectivity index (χ1n) is 10.5. The molecule has 34 heavy (non-hydrogen) atoms. The van der Waals surface area contributed by atoms with Crippen molar-refractivity contribution in [3.8, 4) is 0 Å². The zero-order valence-corrected chi connectivity index (χ0v) is 19.0. The summed E-state index contributed by atoms with van der Waals surface area (Å²) in [4.78, 5) is 60.8. The van der Waals surface area contributed by atoms with E-state index in [0.29, 0.717) is 0 Å². The highest BCUT2D eigenvalue weighted by Gasteiger charge is 2.47. The van der Waals surface area contributed by atoms with Crippen molar-refractivity contribution in [2.75, 3.05) is 45.4 Å². The van der Waals surface area contributed by atoms with Crippen LogP contribution in [0.3, 0.4) is 0 Å². The fourth-order valence-corrected chi connectivity index (χ4v) is 4.66. The lowest BCUT2D eigenvalue weighted by molar-refractivity contribution is -0.143. The van der Waals surface area contributed by atoms with Crippen molar-refractivity contribution in [2.45, 2.75) is 23.8 Å². The first-order valence-corrected chi connectivity index (χ1v) is 11.8. The van der Waals surface area contributed by atoms with E-state index < -0.39 is 53.4 Å². The number of nitrogens with zero attached hydrogens (tertiary/aromatic N) is 1. The Balaban J connectivity index is 1.50. The molecule has 0 aromatic heterocycles. The van der Waals surface area contributed by atoms with E-state index >= 15 is 0 Å². The molecule has 184 valence electrons. The van der Waals surface area contributed by atoms with Gasteiger partial charge in [0.25, 0.3) is 11.8 Å². The van der Waals surface area contributed by atoms with Crippen LogP contribution in [0.15, 0.2) is 23.1 Å². The Morgan fingerprint density at radius 1 is 1.06 bits per heavy atom. The number of piperidine rings is 1. The molecule has 1 aromatic carbocycles. The molecule has 2 unspecified atom stereocenters. The third-order valence-electron chi connectivity index (χ3n) is 5.06. The Hall–Kier alpha value is -2.84. The lowest BCUT2D eigenvalue weighted by Gasteiger charge is -2.27. The lowest BCUT2D eigenvalue weighted by Crippen LogP contribution is -2.54. The average molecular weight is 496 g/mol. The number of nitrogens with one attached hydrogen (secondary N) is 1. The maximum Gasteiger partial charge on any atom is 0.329 e. The zero-order valence-electron chi connectivity index (χ0n) is 18.2. The molecule has 1 aromatic rings. The molecule has 0 aliphatic carbocycles. The molecule has 0 bridgehead atoms. The molecule has 0 saturated carbocycles. The molecule has 1 fully saturated rings. The number of imide groups is 2. The fourth-order valence-electron chi connectivity index (χ4n) is 3.52. The van der Waals surface area contributed by atoms with Gasteiger partial charge in [0.15, 0.2) is 4.90 Å². The highest BCUT2D eigenvalue weighted by molar-refractivity contribution is 7.91. The second kappa shape index (κ2) is 12.0. The summed E-state index contributed by atoms with van der Waals surface area (Å²) >= 11 is -1.65. The Morgan fingerprint density at radius 3 is 2.41 bits per heavy atom. The van der Waals surface area contributed by atoms with Crippen molar-refractivity contribution >= 4 is 40.8 Å². The summed E-state index contributed by atoms with van der Waals surface area (Å²) in [5.41, 5.74) is 0.0696. The second-order valence-corrected chi connectivity index (χ2v) is 8.89. The van der Waals surface area contributed by atoms with E-state index in [9.17, 15) is 28.5 Å². The van der Waals surface area contributed by atoms with E-state index in [4.69, 9.17) is 19.3 Å². The number of carbonyl (C=O) groups excluding carboxylic acids is 4. The van der Waals surface area contributed by atoms with Crippen molar-refractivity contribution in [3.63, 3.8) is 0 Å². The molecule has 3 rings (SSSR count). The molecule has 2 atom stereocenters. The molecule has 12 nitrogen and oxygen atoms in total. The minimum absolute atomic E-state index is 0.000211. The number of carbonyl (C=O) groups is 5. The maximum absolute atomic E-state index is 13.0. The molecular formula is C21H24N2O10S. The van der Waals surface area contributed by atoms with Crippen LogP contribution < -0.4 is 5.32 Å². The van der Waals surface area contributed by atoms with E-state index in [1.54, 1.807) is 0 Å². The number of hydrogen-bond donors (Lipinski definition) is 2. The van der Waals surface area contributed by atoms with Crippen molar-refractivity contribution in [1.82, 2.24) is 10.2 Å². The Kier molecular flexibility index (Phi) is 9.12. The SMILES string of the molecule is O=C(O)COCCOCCOCC[S+]([O-])c1cccc2c1C(=O)N(C1CCC(=O)NC1=O)C2=O. The fraction of sp³-hybridized carbons (Fsp3) is 0.476. The predicted octanol–water partition coefficient (Wildman–Crippen LogP) is -0.670. The van der Waals surface area contributed by atoms with Gasteiger partial charge < -0.3 is 23.9 Å². The van der Waals surface area contributed by atoms with Crippen molar-refractivity contribution < 1.29 is 47.8 Å². The Bertz CT molecular complexity index is 969. The van der Waals surface area contributed by atoms with Crippen LogP contribution in [0.2, 0.25) is 0 Å². The molecule has 1 saturated heterocycles. The third-order valence-corrected chi connectivity index (χ3v) is 6.43. The number of carboxylic acid groups (broad SMARTS) is 1. The van der Waals surface area contributed by atoms with Crippen LogP contribution >= 0.6 is 0 Å². The summed E-state index contributed by atoms with van der Waals surface area (Å²) in [5, 5.41) is 10.6. The topological polar surface area (TPSA) is 172 Å². The highest BCUT2D eigenvalue weighted by atomic mass is 32.2. The standard InChI is InChI=1S/C21H24N2O10S/c24-16-5-4-14(19(27)22-16)23-20(28)13-2-1-3-15(18(13)21(23)29)34(30)11-10-32-7-6-31-8-9-33-12-17(25)26/h1-3,14H,4-12H2,(H,25,26)(H,22,24,27). The molecule has 0 radical (unpaired) electrons. The minimum Gasteiger partial charge on any atom is -0.611 e. The Labute approximate surface area is 197 Å². The first kappa shape index (κ1) is 25.8. The van der Waals surface area contributed by atoms with E-state index in [1.807, 2.05) is 0 Å². The molecule has 2 N–H and O–H groups in total. The number of amides is 4. The van der Waals surface area contributed by atoms with Gasteiger partial charge in [0, 0.05) is 6.42 Å². The monoisotopic (exact) mass is 496 g/mol. The van der Waals surface area contributed by atoms with E-state index in [1.165, 1.54) is 18.2 Å². The average Bonchev–Trinajstić information content (AvgIpc) is 3.05. The van der Waals surface area contributed by atoms with Gasteiger partial charge in [0.1, 0.15) is 24.0 Å². The molecule has 13 heteroatoms. The van der Waals surface area contributed by atoms with Crippen LogP contribution in [0, 0.1) is 0 Å². The summed E-state index contributed by atoms with van der Waals surface area (Å²) < 4.78 is 28.2. The van der Waals surface area contributed by atoms with Crippen LogP contribution in [0.25, 0.3) is 0 Å². The van der Waals surface area contributed by atoms with Crippen molar-refractivity contribution in [2.24, 2.45) is 0 Å². The van der Waals surface area contributed by atoms with Gasteiger partial charge in [-0.1, -0.05) is 6.07 Å². The van der Waals surface area contributed by atoms with Crippen LogP contribution in [-0.2, 0) is 39.8 Å². The summed E-state index contributed by atoms with van der Waals surface area (Å²) in [5.74, 6) is -3.53. The molecule has 4 amide bonds. The van der Waals surface area contributed by atoms with Crippen molar-refractivity contribution in [1.29, 1.82) is 0 Å². The molecule has 2 aliphatic rings. The molecule has 0 spiro atoms. The highest BCUT2D eigenvalue weighted by Crippen LogP contribution is 2.32. The number of benzene rings is 1. The number of ether oxygens (including phenoxy) is 3. The van der Waals surface area contributed by atoms with Gasteiger partial charge in [0.05, 0.1) is 38.6 Å². The molecule has 2 aliphatic heterocycles. The van der Waals surface area contributed by atoms with E-state index in [2.05, 4.69) is 5.32 Å². The Morgan fingerprint density at radius 2 is 1.74 bits per heavy atom. The first-order chi connectivity index (χ1) is 16.3. The zero-order chi connectivity index (χ0) is 24.7. The molecular weight excluding hydrogens is 472 g/mol. The quantitative estimate of drug-likeness (QED) is 0.203. The number of aliphatic carboxylic acids is 1. The van der Waals surface area contributed by atoms with Crippen LogP contribution in [-0.4, -0.2) is 95.6 Å². The minimum atomic E-state index is -1.65.